The van der Waals surface area contributed by atoms with Gasteiger partial charge < -0.3 is 9.84 Å². The molecule has 0 amide bonds. The number of methoxy groups -OCH3 is 1. The first-order chi connectivity index (χ1) is 7.59. The highest BCUT2D eigenvalue weighted by molar-refractivity contribution is 6.05. The van der Waals surface area contributed by atoms with Gasteiger partial charge in [0.1, 0.15) is 0 Å². The van der Waals surface area contributed by atoms with Gasteiger partial charge in [-0.05, 0) is 12.0 Å². The summed E-state index contributed by atoms with van der Waals surface area (Å²) in [5.74, 6) is -1.93. The van der Waals surface area contributed by atoms with E-state index in [4.69, 9.17) is 0 Å². The van der Waals surface area contributed by atoms with Crippen LogP contribution >= 0.6 is 0 Å². The van der Waals surface area contributed by atoms with E-state index in [2.05, 4.69) is 4.74 Å². The maximum absolute atomic E-state index is 11.7. The quantitative estimate of drug-likeness (QED) is 0.620. The van der Waals surface area contributed by atoms with Crippen molar-refractivity contribution in [2.45, 2.75) is 18.8 Å². The van der Waals surface area contributed by atoms with Crippen LogP contribution < -0.4 is 0 Å². The molecule has 0 fully saturated rings. The molecule has 1 atom stereocenters. The van der Waals surface area contributed by atoms with Crippen molar-refractivity contribution in [3.8, 4) is 0 Å². The van der Waals surface area contributed by atoms with E-state index in [1.165, 1.54) is 7.11 Å². The third kappa shape index (κ3) is 1.78. The highest BCUT2D eigenvalue weighted by atomic mass is 16.5. The number of hydrogen-bond donors (Lipinski definition) is 1. The lowest BCUT2D eigenvalue weighted by Gasteiger charge is -2.25. The Bertz CT molecular complexity index is 385. The Morgan fingerprint density at radius 2 is 1.88 bits per heavy atom. The summed E-state index contributed by atoms with van der Waals surface area (Å²) >= 11 is 0. The van der Waals surface area contributed by atoms with E-state index in [0.717, 1.165) is 0 Å². The molecule has 0 unspecified atom stereocenters. The van der Waals surface area contributed by atoms with Gasteiger partial charge >= 0.3 is 11.9 Å². The Morgan fingerprint density at radius 3 is 2.25 bits per heavy atom. The summed E-state index contributed by atoms with van der Waals surface area (Å²) in [4.78, 5) is 23.1. The predicted molar refractivity (Wildman–Crippen MR) is 58.1 cm³/mol. The monoisotopic (exact) mass is 222 g/mol. The fourth-order valence-electron chi connectivity index (χ4n) is 1.73. The topological polar surface area (TPSA) is 63.6 Å². The van der Waals surface area contributed by atoms with Crippen molar-refractivity contribution in [2.75, 3.05) is 7.11 Å². The van der Waals surface area contributed by atoms with E-state index in [1.807, 2.05) is 0 Å². The highest BCUT2D eigenvalue weighted by Gasteiger charge is 2.47. The Kier molecular flexibility index (Phi) is 3.66. The van der Waals surface area contributed by atoms with E-state index < -0.39 is 17.4 Å². The van der Waals surface area contributed by atoms with Crippen molar-refractivity contribution in [3.63, 3.8) is 0 Å². The molecule has 1 aromatic carbocycles. The Balaban J connectivity index is 3.35. The third-order valence-corrected chi connectivity index (χ3v) is 2.70. The lowest BCUT2D eigenvalue weighted by atomic mass is 9.78. The summed E-state index contributed by atoms with van der Waals surface area (Å²) in [5, 5.41) is 9.28. The summed E-state index contributed by atoms with van der Waals surface area (Å²) in [6.45, 7) is 1.65. The standard InChI is InChI=1S/C12H14O4/c1-3-12(10(13)14,11(15)16-2)9-7-5-4-6-8-9/h4-8H,3H2,1-2H3,(H,13,14)/t12-/m0/s1. The molecular formula is C12H14O4. The lowest BCUT2D eigenvalue weighted by Crippen LogP contribution is -2.44. The number of ether oxygens (including phenoxy) is 1. The van der Waals surface area contributed by atoms with Crippen LogP contribution in [0.15, 0.2) is 30.3 Å². The normalized spacial score (nSPS) is 13.9. The molecule has 0 saturated heterocycles. The minimum Gasteiger partial charge on any atom is -0.480 e. The van der Waals surface area contributed by atoms with Gasteiger partial charge in [-0.1, -0.05) is 37.3 Å². The number of carbonyl (C=O) groups is 2. The number of hydrogen-bond acceptors (Lipinski definition) is 3. The van der Waals surface area contributed by atoms with Gasteiger partial charge in [0, 0.05) is 0 Å². The summed E-state index contributed by atoms with van der Waals surface area (Å²) in [6, 6.07) is 8.41. The van der Waals surface area contributed by atoms with Gasteiger partial charge in [-0.25, -0.2) is 0 Å². The van der Waals surface area contributed by atoms with Gasteiger partial charge in [0.2, 0.25) is 0 Å². The van der Waals surface area contributed by atoms with Crippen LogP contribution in [0, 0.1) is 0 Å². The lowest BCUT2D eigenvalue weighted by molar-refractivity contribution is -0.160. The number of carboxylic acid groups (broad SMARTS) is 1. The van der Waals surface area contributed by atoms with Crippen molar-refractivity contribution in [1.82, 2.24) is 0 Å². The molecule has 1 N–H and O–H groups in total. The molecule has 4 nitrogen and oxygen atoms in total. The molecule has 0 radical (unpaired) electrons. The van der Waals surface area contributed by atoms with Crippen molar-refractivity contribution in [3.05, 3.63) is 35.9 Å². The molecule has 4 heteroatoms. The molecule has 1 aromatic rings. The first kappa shape index (κ1) is 12.2. The fraction of sp³-hybridized carbons (Fsp3) is 0.333. The van der Waals surface area contributed by atoms with Crippen molar-refractivity contribution < 1.29 is 19.4 Å². The second-order valence-corrected chi connectivity index (χ2v) is 3.42. The van der Waals surface area contributed by atoms with Gasteiger partial charge in [-0.3, -0.25) is 9.59 Å². The smallest absolute Gasteiger partial charge is 0.327 e. The fourth-order valence-corrected chi connectivity index (χ4v) is 1.73. The van der Waals surface area contributed by atoms with Crippen molar-refractivity contribution in [2.24, 2.45) is 0 Å². The van der Waals surface area contributed by atoms with Gasteiger partial charge in [0.15, 0.2) is 5.41 Å². The van der Waals surface area contributed by atoms with E-state index in [9.17, 15) is 14.7 Å². The number of benzene rings is 1. The van der Waals surface area contributed by atoms with Crippen LogP contribution in [-0.2, 0) is 19.7 Å². The van der Waals surface area contributed by atoms with Crippen molar-refractivity contribution >= 4 is 11.9 Å². The Morgan fingerprint density at radius 1 is 1.31 bits per heavy atom. The van der Waals surface area contributed by atoms with Crippen LogP contribution in [0.25, 0.3) is 0 Å². The van der Waals surface area contributed by atoms with Gasteiger partial charge in [0.25, 0.3) is 0 Å². The molecule has 0 heterocycles. The summed E-state index contributed by atoms with van der Waals surface area (Å²) in [7, 11) is 1.19. The zero-order valence-corrected chi connectivity index (χ0v) is 9.27. The van der Waals surface area contributed by atoms with Crippen LogP contribution in [0.2, 0.25) is 0 Å². The van der Waals surface area contributed by atoms with E-state index in [1.54, 1.807) is 37.3 Å². The summed E-state index contributed by atoms with van der Waals surface area (Å²) in [5.41, 5.74) is -1.16. The molecule has 1 rings (SSSR count). The van der Waals surface area contributed by atoms with Crippen LogP contribution in [0.4, 0.5) is 0 Å². The minimum atomic E-state index is -1.60. The Labute approximate surface area is 93.9 Å². The van der Waals surface area contributed by atoms with E-state index in [0.29, 0.717) is 5.56 Å². The molecular weight excluding hydrogens is 208 g/mol. The maximum atomic E-state index is 11.7. The number of carboxylic acids is 1. The second-order valence-electron chi connectivity index (χ2n) is 3.42. The average Bonchev–Trinajstić information content (AvgIpc) is 2.31. The van der Waals surface area contributed by atoms with Gasteiger partial charge in [-0.2, -0.15) is 0 Å². The third-order valence-electron chi connectivity index (χ3n) is 2.70. The van der Waals surface area contributed by atoms with Crippen LogP contribution in [0.3, 0.4) is 0 Å². The molecule has 0 aromatic heterocycles. The largest absolute Gasteiger partial charge is 0.480 e. The molecule has 86 valence electrons. The number of esters is 1. The number of aliphatic carboxylic acids is 1. The predicted octanol–water partition coefficient (Wildman–Crippen LogP) is 1.59. The Hall–Kier alpha value is -1.84. The van der Waals surface area contributed by atoms with Crippen LogP contribution in [0.5, 0.6) is 0 Å². The van der Waals surface area contributed by atoms with Gasteiger partial charge in [-0.15, -0.1) is 0 Å². The first-order valence-corrected chi connectivity index (χ1v) is 4.97. The number of carbonyl (C=O) groups excluding carboxylic acids is 1. The average molecular weight is 222 g/mol. The minimum absolute atomic E-state index is 0.152. The molecule has 0 bridgehead atoms. The molecule has 0 aliphatic heterocycles. The van der Waals surface area contributed by atoms with Gasteiger partial charge in [0.05, 0.1) is 7.11 Å². The zero-order valence-electron chi connectivity index (χ0n) is 9.27. The van der Waals surface area contributed by atoms with E-state index >= 15 is 0 Å². The number of rotatable bonds is 4. The van der Waals surface area contributed by atoms with E-state index in [-0.39, 0.29) is 6.42 Å². The summed E-state index contributed by atoms with van der Waals surface area (Å²) in [6.07, 6.45) is 0.152. The maximum Gasteiger partial charge on any atom is 0.327 e. The SMILES string of the molecule is CC[C@](C(=O)O)(C(=O)OC)c1ccccc1. The highest BCUT2D eigenvalue weighted by Crippen LogP contribution is 2.29. The molecule has 0 spiro atoms. The van der Waals surface area contributed by atoms with Crippen LogP contribution in [-0.4, -0.2) is 24.2 Å². The van der Waals surface area contributed by atoms with Crippen molar-refractivity contribution in [1.29, 1.82) is 0 Å². The molecule has 16 heavy (non-hydrogen) atoms. The molecule has 0 aliphatic rings. The molecule has 0 saturated carbocycles. The molecule has 0 aliphatic carbocycles. The first-order valence-electron chi connectivity index (χ1n) is 4.97. The zero-order chi connectivity index (χ0) is 12.2. The second kappa shape index (κ2) is 4.79. The summed E-state index contributed by atoms with van der Waals surface area (Å²) < 4.78 is 4.60. The van der Waals surface area contributed by atoms with Crippen LogP contribution in [0.1, 0.15) is 18.9 Å².